The van der Waals surface area contributed by atoms with Gasteiger partial charge in [0.2, 0.25) is 0 Å². The molecule has 0 spiro atoms. The zero-order chi connectivity index (χ0) is 17.4. The van der Waals surface area contributed by atoms with Gasteiger partial charge >= 0.3 is 12.1 Å². The largest absolute Gasteiger partial charge is 0.376 e. The zero-order valence-corrected chi connectivity index (χ0v) is 14.3. The summed E-state index contributed by atoms with van der Waals surface area (Å²) in [6.07, 6.45) is 2.16. The molecule has 1 aromatic rings. The van der Waals surface area contributed by atoms with E-state index in [0.717, 1.165) is 19.4 Å². The third-order valence-corrected chi connectivity index (χ3v) is 3.96. The molecule has 24 heavy (non-hydrogen) atoms. The van der Waals surface area contributed by atoms with E-state index in [9.17, 15) is 9.59 Å². The number of nitrogens with one attached hydrogen (secondary N) is 3. The van der Waals surface area contributed by atoms with Crippen LogP contribution in [0.3, 0.4) is 0 Å². The van der Waals surface area contributed by atoms with Gasteiger partial charge in [-0.25, -0.2) is 9.59 Å². The number of hydrogen-bond donors (Lipinski definition) is 3. The third-order valence-electron chi connectivity index (χ3n) is 3.96. The number of amides is 4. The lowest BCUT2D eigenvalue weighted by molar-refractivity contribution is 0.112. The zero-order valence-electron chi connectivity index (χ0n) is 14.3. The molecular weight excluding hydrogens is 308 g/mol. The highest BCUT2D eigenvalue weighted by Gasteiger charge is 2.16. The maximum Gasteiger partial charge on any atom is 0.321 e. The van der Waals surface area contributed by atoms with Crippen LogP contribution in [-0.2, 0) is 4.74 Å². The number of hydrogen-bond acceptors (Lipinski definition) is 3. The summed E-state index contributed by atoms with van der Waals surface area (Å²) in [6, 6.07) is 6.64. The van der Waals surface area contributed by atoms with Crippen LogP contribution in [0.1, 0.15) is 26.7 Å². The normalized spacial score (nSPS) is 16.5. The average molecular weight is 334 g/mol. The van der Waals surface area contributed by atoms with Crippen molar-refractivity contribution in [3.63, 3.8) is 0 Å². The predicted octanol–water partition coefficient (Wildman–Crippen LogP) is 2.86. The molecule has 7 nitrogen and oxygen atoms in total. The molecule has 1 aromatic carbocycles. The van der Waals surface area contributed by atoms with Crippen LogP contribution in [0.5, 0.6) is 0 Å². The van der Waals surface area contributed by atoms with Crippen LogP contribution in [0.4, 0.5) is 21.0 Å². The van der Waals surface area contributed by atoms with E-state index < -0.39 is 0 Å². The molecule has 0 aromatic heterocycles. The molecule has 0 radical (unpaired) electrons. The van der Waals surface area contributed by atoms with Crippen molar-refractivity contribution < 1.29 is 14.3 Å². The lowest BCUT2D eigenvalue weighted by Gasteiger charge is -2.19. The Morgan fingerprint density at radius 3 is 2.29 bits per heavy atom. The molecule has 1 aliphatic rings. The first-order valence-electron chi connectivity index (χ1n) is 8.44. The molecule has 3 N–H and O–H groups in total. The van der Waals surface area contributed by atoms with E-state index in [1.165, 1.54) is 0 Å². The SMILES string of the molecule is CCN(CC)C(=O)Nc1ccc(NC(=O)NCC2CCCO2)cc1. The van der Waals surface area contributed by atoms with Gasteiger partial charge in [-0.05, 0) is 51.0 Å². The molecule has 2 rings (SSSR count). The standard InChI is InChI=1S/C17H26N4O3/c1-3-21(4-2)17(23)20-14-9-7-13(8-10-14)19-16(22)18-12-15-6-5-11-24-15/h7-10,15H,3-6,11-12H2,1-2H3,(H,20,23)(H2,18,19,22). The van der Waals surface area contributed by atoms with E-state index in [2.05, 4.69) is 16.0 Å². The van der Waals surface area contributed by atoms with Gasteiger partial charge in [-0.2, -0.15) is 0 Å². The monoisotopic (exact) mass is 334 g/mol. The van der Waals surface area contributed by atoms with E-state index >= 15 is 0 Å². The first-order valence-corrected chi connectivity index (χ1v) is 8.44. The lowest BCUT2D eigenvalue weighted by Crippen LogP contribution is -2.35. The van der Waals surface area contributed by atoms with E-state index in [1.807, 2.05) is 13.8 Å². The van der Waals surface area contributed by atoms with Crippen LogP contribution in [0.25, 0.3) is 0 Å². The summed E-state index contributed by atoms with van der Waals surface area (Å²) in [4.78, 5) is 25.5. The lowest BCUT2D eigenvalue weighted by atomic mass is 10.2. The molecule has 4 amide bonds. The van der Waals surface area contributed by atoms with Gasteiger partial charge in [0, 0.05) is 37.6 Å². The number of rotatable bonds is 6. The molecule has 0 aliphatic carbocycles. The summed E-state index contributed by atoms with van der Waals surface area (Å²) in [7, 11) is 0. The Kier molecular flexibility index (Phi) is 6.87. The van der Waals surface area contributed by atoms with Gasteiger partial charge in [0.1, 0.15) is 0 Å². The first kappa shape index (κ1) is 18.1. The van der Waals surface area contributed by atoms with Crippen LogP contribution >= 0.6 is 0 Å². The predicted molar refractivity (Wildman–Crippen MR) is 94.4 cm³/mol. The van der Waals surface area contributed by atoms with Crippen molar-refractivity contribution in [2.45, 2.75) is 32.8 Å². The van der Waals surface area contributed by atoms with Crippen molar-refractivity contribution in [2.75, 3.05) is 36.9 Å². The Hall–Kier alpha value is -2.28. The number of ether oxygens (including phenoxy) is 1. The molecule has 1 heterocycles. The van der Waals surface area contributed by atoms with Crippen LogP contribution in [0, 0.1) is 0 Å². The highest BCUT2D eigenvalue weighted by Crippen LogP contribution is 2.14. The fourth-order valence-electron chi connectivity index (χ4n) is 2.54. The maximum absolute atomic E-state index is 12.0. The molecule has 1 aliphatic heterocycles. The van der Waals surface area contributed by atoms with Gasteiger partial charge in [-0.1, -0.05) is 0 Å². The van der Waals surface area contributed by atoms with Crippen molar-refractivity contribution in [1.82, 2.24) is 10.2 Å². The number of carbonyl (C=O) groups is 2. The Morgan fingerprint density at radius 2 is 1.75 bits per heavy atom. The Morgan fingerprint density at radius 1 is 1.12 bits per heavy atom. The Bertz CT molecular complexity index is 537. The highest BCUT2D eigenvalue weighted by atomic mass is 16.5. The Balaban J connectivity index is 1.78. The first-order chi connectivity index (χ1) is 11.6. The summed E-state index contributed by atoms with van der Waals surface area (Å²) in [6.45, 7) is 6.48. The minimum Gasteiger partial charge on any atom is -0.376 e. The summed E-state index contributed by atoms with van der Waals surface area (Å²) >= 11 is 0. The molecular formula is C17H26N4O3. The molecule has 1 fully saturated rings. The van der Waals surface area contributed by atoms with Gasteiger partial charge in [-0.15, -0.1) is 0 Å². The number of nitrogens with zero attached hydrogens (tertiary/aromatic N) is 1. The van der Waals surface area contributed by atoms with E-state index in [4.69, 9.17) is 4.74 Å². The maximum atomic E-state index is 12.0. The minimum atomic E-state index is -0.259. The summed E-state index contributed by atoms with van der Waals surface area (Å²) in [5.41, 5.74) is 1.36. The van der Waals surface area contributed by atoms with E-state index in [0.29, 0.717) is 31.0 Å². The second-order valence-corrected chi connectivity index (χ2v) is 5.65. The van der Waals surface area contributed by atoms with Crippen molar-refractivity contribution in [3.8, 4) is 0 Å². The smallest absolute Gasteiger partial charge is 0.321 e. The van der Waals surface area contributed by atoms with Crippen molar-refractivity contribution in [2.24, 2.45) is 0 Å². The number of carbonyl (C=O) groups excluding carboxylic acids is 2. The van der Waals surface area contributed by atoms with Gasteiger partial charge < -0.3 is 25.6 Å². The van der Waals surface area contributed by atoms with Crippen molar-refractivity contribution >= 4 is 23.4 Å². The van der Waals surface area contributed by atoms with Crippen LogP contribution in [0.2, 0.25) is 0 Å². The van der Waals surface area contributed by atoms with E-state index in [-0.39, 0.29) is 18.2 Å². The minimum absolute atomic E-state index is 0.119. The van der Waals surface area contributed by atoms with Crippen molar-refractivity contribution in [1.29, 1.82) is 0 Å². The number of benzene rings is 1. The van der Waals surface area contributed by atoms with Crippen LogP contribution in [0.15, 0.2) is 24.3 Å². The molecule has 1 atom stereocenters. The van der Waals surface area contributed by atoms with Gasteiger partial charge in [-0.3, -0.25) is 0 Å². The van der Waals surface area contributed by atoms with E-state index in [1.54, 1.807) is 29.2 Å². The van der Waals surface area contributed by atoms with Crippen LogP contribution in [-0.4, -0.2) is 49.3 Å². The fraction of sp³-hybridized carbons (Fsp3) is 0.529. The molecule has 0 bridgehead atoms. The second-order valence-electron chi connectivity index (χ2n) is 5.65. The third kappa shape index (κ3) is 5.42. The molecule has 0 saturated carbocycles. The number of urea groups is 2. The summed E-state index contributed by atoms with van der Waals surface area (Å²) in [5, 5.41) is 8.39. The average Bonchev–Trinajstić information content (AvgIpc) is 3.09. The molecule has 7 heteroatoms. The second kappa shape index (κ2) is 9.12. The number of anilines is 2. The molecule has 1 saturated heterocycles. The summed E-state index contributed by atoms with van der Waals surface area (Å²) < 4.78 is 5.46. The van der Waals surface area contributed by atoms with Crippen LogP contribution < -0.4 is 16.0 Å². The molecule has 132 valence electrons. The highest BCUT2D eigenvalue weighted by molar-refractivity contribution is 5.91. The fourth-order valence-corrected chi connectivity index (χ4v) is 2.54. The Labute approximate surface area is 142 Å². The van der Waals surface area contributed by atoms with Crippen molar-refractivity contribution in [3.05, 3.63) is 24.3 Å². The van der Waals surface area contributed by atoms with Gasteiger partial charge in [0.15, 0.2) is 0 Å². The van der Waals surface area contributed by atoms with Gasteiger partial charge in [0.25, 0.3) is 0 Å². The summed E-state index contributed by atoms with van der Waals surface area (Å²) in [5.74, 6) is 0. The molecule has 1 unspecified atom stereocenters. The quantitative estimate of drug-likeness (QED) is 0.748. The van der Waals surface area contributed by atoms with Gasteiger partial charge in [0.05, 0.1) is 6.10 Å². The topological polar surface area (TPSA) is 82.7 Å².